The van der Waals surface area contributed by atoms with Crippen LogP contribution in [0.1, 0.15) is 19.0 Å². The number of nitrogens with zero attached hydrogens (tertiary/aromatic N) is 3. The van der Waals surface area contributed by atoms with E-state index in [1.54, 1.807) is 6.92 Å². The van der Waals surface area contributed by atoms with Gasteiger partial charge >= 0.3 is 0 Å². The Morgan fingerprint density at radius 2 is 1.86 bits per heavy atom. The molecule has 0 radical (unpaired) electrons. The van der Waals surface area contributed by atoms with Gasteiger partial charge in [0.2, 0.25) is 5.91 Å². The zero-order chi connectivity index (χ0) is 15.4. The molecule has 1 aliphatic heterocycles. The summed E-state index contributed by atoms with van der Waals surface area (Å²) in [6.07, 6.45) is 3.73. The van der Waals surface area contributed by atoms with E-state index in [1.807, 2.05) is 41.4 Å². The number of hydrogen-bond acceptors (Lipinski definition) is 3. The molecule has 3 rings (SSSR count). The molecule has 1 aromatic carbocycles. The second-order valence-electron chi connectivity index (χ2n) is 5.57. The molecule has 114 valence electrons. The predicted molar refractivity (Wildman–Crippen MR) is 89.2 cm³/mol. The number of amides is 1. The third kappa shape index (κ3) is 3.11. The van der Waals surface area contributed by atoms with Crippen molar-refractivity contribution in [2.45, 2.75) is 19.8 Å². The number of anilines is 2. The first-order valence-corrected chi connectivity index (χ1v) is 7.78. The molecule has 0 saturated heterocycles. The number of fused-ring (bicyclic) bond motifs is 1. The van der Waals surface area contributed by atoms with Crippen LogP contribution in [0, 0.1) is 0 Å². The van der Waals surface area contributed by atoms with Crippen LogP contribution in [-0.2, 0) is 11.2 Å². The van der Waals surface area contributed by atoms with Crippen molar-refractivity contribution in [3.63, 3.8) is 0 Å². The maximum atomic E-state index is 11.9. The minimum atomic E-state index is 0.110. The van der Waals surface area contributed by atoms with Crippen LogP contribution in [0.5, 0.6) is 0 Å². The van der Waals surface area contributed by atoms with Gasteiger partial charge in [-0.1, -0.05) is 18.2 Å². The zero-order valence-electron chi connectivity index (χ0n) is 12.9. The molecule has 0 unspecified atom stereocenters. The molecule has 0 bridgehead atoms. The third-order valence-electron chi connectivity index (χ3n) is 4.07. The molecule has 1 amide bonds. The molecule has 2 aromatic rings. The van der Waals surface area contributed by atoms with E-state index in [4.69, 9.17) is 0 Å². The molecular formula is C18H21N3O. The number of rotatable bonds is 3. The van der Waals surface area contributed by atoms with Gasteiger partial charge in [-0.25, -0.2) is 0 Å². The Balaban J connectivity index is 1.82. The van der Waals surface area contributed by atoms with Gasteiger partial charge < -0.3 is 9.80 Å². The van der Waals surface area contributed by atoms with Crippen LogP contribution in [0.3, 0.4) is 0 Å². The van der Waals surface area contributed by atoms with Crippen LogP contribution in [-0.4, -0.2) is 30.5 Å². The summed E-state index contributed by atoms with van der Waals surface area (Å²) in [5.74, 6) is 0.110. The second kappa shape index (κ2) is 6.60. The summed E-state index contributed by atoms with van der Waals surface area (Å²) < 4.78 is 0. The Kier molecular flexibility index (Phi) is 4.37. The molecule has 1 aliphatic rings. The van der Waals surface area contributed by atoms with E-state index in [1.165, 1.54) is 0 Å². The molecule has 0 atom stereocenters. The van der Waals surface area contributed by atoms with Crippen molar-refractivity contribution in [3.05, 3.63) is 54.4 Å². The van der Waals surface area contributed by atoms with E-state index in [9.17, 15) is 4.79 Å². The van der Waals surface area contributed by atoms with Crippen LogP contribution in [0.4, 0.5) is 11.4 Å². The largest absolute Gasteiger partial charge is 0.369 e. The topological polar surface area (TPSA) is 36.4 Å². The van der Waals surface area contributed by atoms with Gasteiger partial charge in [-0.15, -0.1) is 0 Å². The highest BCUT2D eigenvalue weighted by molar-refractivity contribution is 5.95. The van der Waals surface area contributed by atoms with Crippen molar-refractivity contribution in [3.8, 4) is 0 Å². The van der Waals surface area contributed by atoms with Crippen molar-refractivity contribution in [2.24, 2.45) is 0 Å². The number of carbonyl (C=O) groups is 1. The molecule has 0 aliphatic carbocycles. The van der Waals surface area contributed by atoms with E-state index >= 15 is 0 Å². The minimum Gasteiger partial charge on any atom is -0.369 e. The Labute approximate surface area is 131 Å². The Bertz CT molecular complexity index is 642. The SMILES string of the molecule is CC(=O)N1CCCN(CCc2ccccn2)c2ccccc21. The van der Waals surface area contributed by atoms with E-state index in [0.29, 0.717) is 0 Å². The van der Waals surface area contributed by atoms with Gasteiger partial charge in [-0.2, -0.15) is 0 Å². The van der Waals surface area contributed by atoms with Gasteiger partial charge in [-0.3, -0.25) is 9.78 Å². The first kappa shape index (κ1) is 14.6. The van der Waals surface area contributed by atoms with Gasteiger partial charge in [0.05, 0.1) is 11.4 Å². The van der Waals surface area contributed by atoms with E-state index in [0.717, 1.165) is 49.5 Å². The second-order valence-corrected chi connectivity index (χ2v) is 5.57. The van der Waals surface area contributed by atoms with Crippen molar-refractivity contribution in [1.82, 2.24) is 4.98 Å². The summed E-state index contributed by atoms with van der Waals surface area (Å²) in [7, 11) is 0. The van der Waals surface area contributed by atoms with Crippen molar-refractivity contribution in [1.29, 1.82) is 0 Å². The Hall–Kier alpha value is -2.36. The van der Waals surface area contributed by atoms with Crippen molar-refractivity contribution < 1.29 is 4.79 Å². The van der Waals surface area contributed by atoms with Crippen LogP contribution >= 0.6 is 0 Å². The lowest BCUT2D eigenvalue weighted by molar-refractivity contribution is -0.116. The summed E-state index contributed by atoms with van der Waals surface area (Å²) in [5, 5.41) is 0. The normalized spacial score (nSPS) is 14.4. The predicted octanol–water partition coefficient (Wildman–Crippen LogP) is 2.89. The molecular weight excluding hydrogens is 274 g/mol. The van der Waals surface area contributed by atoms with Crippen LogP contribution in [0.25, 0.3) is 0 Å². The fraction of sp³-hybridized carbons (Fsp3) is 0.333. The highest BCUT2D eigenvalue weighted by atomic mass is 16.2. The van der Waals surface area contributed by atoms with Gasteiger partial charge in [-0.05, 0) is 30.7 Å². The molecule has 22 heavy (non-hydrogen) atoms. The first-order valence-electron chi connectivity index (χ1n) is 7.78. The van der Waals surface area contributed by atoms with Crippen LogP contribution in [0.2, 0.25) is 0 Å². The molecule has 0 spiro atoms. The zero-order valence-corrected chi connectivity index (χ0v) is 12.9. The minimum absolute atomic E-state index is 0.110. The summed E-state index contributed by atoms with van der Waals surface area (Å²) in [6, 6.07) is 14.2. The smallest absolute Gasteiger partial charge is 0.223 e. The number of para-hydroxylation sites is 2. The lowest BCUT2D eigenvalue weighted by Gasteiger charge is -2.26. The van der Waals surface area contributed by atoms with Crippen molar-refractivity contribution in [2.75, 3.05) is 29.4 Å². The van der Waals surface area contributed by atoms with Gasteiger partial charge in [0.15, 0.2) is 0 Å². The van der Waals surface area contributed by atoms with Crippen LogP contribution < -0.4 is 9.80 Å². The van der Waals surface area contributed by atoms with Gasteiger partial charge in [0.25, 0.3) is 0 Å². The third-order valence-corrected chi connectivity index (χ3v) is 4.07. The van der Waals surface area contributed by atoms with Gasteiger partial charge in [0, 0.05) is 44.9 Å². The maximum Gasteiger partial charge on any atom is 0.223 e. The average Bonchev–Trinajstić information content (AvgIpc) is 2.73. The fourth-order valence-electron chi connectivity index (χ4n) is 2.98. The molecule has 0 saturated carbocycles. The summed E-state index contributed by atoms with van der Waals surface area (Å²) in [4.78, 5) is 20.5. The molecule has 1 aromatic heterocycles. The Morgan fingerprint density at radius 1 is 1.09 bits per heavy atom. The number of hydrogen-bond donors (Lipinski definition) is 0. The van der Waals surface area contributed by atoms with Crippen LogP contribution in [0.15, 0.2) is 48.7 Å². The molecule has 0 fully saturated rings. The molecule has 2 heterocycles. The highest BCUT2D eigenvalue weighted by Gasteiger charge is 2.22. The average molecular weight is 295 g/mol. The highest BCUT2D eigenvalue weighted by Crippen LogP contribution is 2.32. The lowest BCUT2D eigenvalue weighted by atomic mass is 10.2. The van der Waals surface area contributed by atoms with E-state index in [-0.39, 0.29) is 5.91 Å². The number of pyridine rings is 1. The number of aromatic nitrogens is 1. The molecule has 0 N–H and O–H groups in total. The quantitative estimate of drug-likeness (QED) is 0.873. The molecule has 4 heteroatoms. The Morgan fingerprint density at radius 3 is 2.59 bits per heavy atom. The summed E-state index contributed by atoms with van der Waals surface area (Å²) in [6.45, 7) is 4.31. The van der Waals surface area contributed by atoms with Crippen molar-refractivity contribution >= 4 is 17.3 Å². The van der Waals surface area contributed by atoms with E-state index in [2.05, 4.69) is 22.0 Å². The van der Waals surface area contributed by atoms with Gasteiger partial charge in [0.1, 0.15) is 0 Å². The maximum absolute atomic E-state index is 11.9. The standard InChI is InChI=1S/C18H21N3O/c1-15(22)21-13-6-12-20(17-8-2-3-9-18(17)21)14-10-16-7-4-5-11-19-16/h2-5,7-9,11H,6,10,12-14H2,1H3. The van der Waals surface area contributed by atoms with E-state index < -0.39 is 0 Å². The number of carbonyl (C=O) groups excluding carboxylic acids is 1. The monoisotopic (exact) mass is 295 g/mol. The molecule has 4 nitrogen and oxygen atoms in total. The summed E-state index contributed by atoms with van der Waals surface area (Å²) in [5.41, 5.74) is 3.27. The lowest BCUT2D eigenvalue weighted by Crippen LogP contribution is -2.28. The first-order chi connectivity index (χ1) is 10.8. The number of benzene rings is 1. The fourth-order valence-corrected chi connectivity index (χ4v) is 2.98. The summed E-state index contributed by atoms with van der Waals surface area (Å²) >= 11 is 0.